The summed E-state index contributed by atoms with van der Waals surface area (Å²) in [5, 5.41) is 0. The van der Waals surface area contributed by atoms with E-state index in [2.05, 4.69) is 0 Å². The van der Waals surface area contributed by atoms with Crippen molar-refractivity contribution >= 4 is 15.9 Å². The molecule has 1 amide bonds. The number of fused-ring (bicyclic) bond motifs is 1. The van der Waals surface area contributed by atoms with Crippen molar-refractivity contribution in [1.29, 1.82) is 0 Å². The first-order valence-corrected chi connectivity index (χ1v) is 9.13. The van der Waals surface area contributed by atoms with Gasteiger partial charge in [0.1, 0.15) is 0 Å². The predicted octanol–water partition coefficient (Wildman–Crippen LogP) is 2.70. The molecule has 4 nitrogen and oxygen atoms in total. The van der Waals surface area contributed by atoms with Gasteiger partial charge in [0.25, 0.3) is 0 Å². The highest BCUT2D eigenvalue weighted by Crippen LogP contribution is 2.70. The van der Waals surface area contributed by atoms with Gasteiger partial charge in [-0.3, -0.25) is 4.79 Å². The van der Waals surface area contributed by atoms with Crippen LogP contribution in [0.25, 0.3) is 0 Å². The third-order valence-electron chi connectivity index (χ3n) is 6.28. The molecule has 0 aromatic rings. The smallest absolute Gasteiger partial charge is 0.274 e. The van der Waals surface area contributed by atoms with Crippen LogP contribution < -0.4 is 0 Å². The minimum Gasteiger partial charge on any atom is -0.274 e. The van der Waals surface area contributed by atoms with E-state index in [0.29, 0.717) is 12.3 Å². The topological polar surface area (TPSA) is 54.5 Å². The summed E-state index contributed by atoms with van der Waals surface area (Å²) in [5.41, 5.74) is -0.672. The lowest BCUT2D eigenvalue weighted by molar-refractivity contribution is -0.147. The van der Waals surface area contributed by atoms with Crippen molar-refractivity contribution in [3.8, 4) is 0 Å². The van der Waals surface area contributed by atoms with Crippen molar-refractivity contribution in [1.82, 2.24) is 4.31 Å². The fourth-order valence-corrected chi connectivity index (χ4v) is 7.55. The third kappa shape index (κ3) is 2.02. The maximum absolute atomic E-state index is 12.4. The first kappa shape index (κ1) is 16.1. The molecule has 1 heterocycles. The molecular weight excluding hydrogens is 319 g/mol. The predicted molar refractivity (Wildman–Crippen MR) is 73.3 cm³/mol. The molecular formula is C14H20F3NO3S. The lowest BCUT2D eigenvalue weighted by Crippen LogP contribution is -2.44. The molecule has 126 valence electrons. The van der Waals surface area contributed by atoms with Crippen molar-refractivity contribution in [3.05, 3.63) is 0 Å². The number of rotatable bonds is 2. The summed E-state index contributed by atoms with van der Waals surface area (Å²) in [6.07, 6.45) is -4.26. The monoisotopic (exact) mass is 339 g/mol. The summed E-state index contributed by atoms with van der Waals surface area (Å²) in [5.74, 6) is -0.667. The standard InChI is InChI=1S/C14H20F3NO3S/c1-12(2)9-3-5-13(12)8-22(20,21)18(10(13)7-9)11(19)4-6-14(15,16)17/h9-10H,3-8H2,1-2H3/t9-,10-,13+/m1/s1. The van der Waals surface area contributed by atoms with Crippen molar-refractivity contribution in [2.24, 2.45) is 16.7 Å². The number of sulfonamides is 1. The highest BCUT2D eigenvalue weighted by atomic mass is 32.2. The molecule has 3 atom stereocenters. The fraction of sp³-hybridized carbons (Fsp3) is 0.929. The molecule has 3 rings (SSSR count). The normalized spacial score (nSPS) is 38.3. The van der Waals surface area contributed by atoms with Gasteiger partial charge in [-0.05, 0) is 30.6 Å². The molecule has 1 spiro atoms. The molecule has 22 heavy (non-hydrogen) atoms. The molecule has 1 saturated heterocycles. The van der Waals surface area contributed by atoms with Gasteiger partial charge in [-0.1, -0.05) is 13.8 Å². The minimum atomic E-state index is -4.45. The molecule has 0 N–H and O–H groups in total. The Bertz CT molecular complexity index is 613. The Balaban J connectivity index is 1.89. The Morgan fingerprint density at radius 2 is 1.95 bits per heavy atom. The lowest BCUT2D eigenvalue weighted by Gasteiger charge is -2.37. The zero-order valence-corrected chi connectivity index (χ0v) is 13.4. The zero-order valence-electron chi connectivity index (χ0n) is 12.6. The average Bonchev–Trinajstić information content (AvgIpc) is 2.81. The molecule has 0 unspecified atom stereocenters. The van der Waals surface area contributed by atoms with E-state index in [1.165, 1.54) is 0 Å². The molecule has 0 aromatic carbocycles. The van der Waals surface area contributed by atoms with Crippen molar-refractivity contribution in [2.45, 2.75) is 58.2 Å². The van der Waals surface area contributed by atoms with Gasteiger partial charge < -0.3 is 0 Å². The number of nitrogens with zero attached hydrogens (tertiary/aromatic N) is 1. The van der Waals surface area contributed by atoms with Gasteiger partial charge >= 0.3 is 6.18 Å². The molecule has 1 aliphatic heterocycles. The summed E-state index contributed by atoms with van der Waals surface area (Å²) in [6.45, 7) is 4.06. The molecule has 0 radical (unpaired) electrons. The molecule has 8 heteroatoms. The number of hydrogen-bond acceptors (Lipinski definition) is 3. The van der Waals surface area contributed by atoms with E-state index in [4.69, 9.17) is 0 Å². The molecule has 2 aliphatic carbocycles. The maximum Gasteiger partial charge on any atom is 0.389 e. The van der Waals surface area contributed by atoms with Crippen LogP contribution in [0.5, 0.6) is 0 Å². The van der Waals surface area contributed by atoms with Crippen molar-refractivity contribution in [3.63, 3.8) is 0 Å². The maximum atomic E-state index is 12.4. The molecule has 2 bridgehead atoms. The van der Waals surface area contributed by atoms with Crippen LogP contribution in [0.3, 0.4) is 0 Å². The van der Waals surface area contributed by atoms with E-state index >= 15 is 0 Å². The van der Waals surface area contributed by atoms with Gasteiger partial charge in [-0.15, -0.1) is 0 Å². The zero-order chi connectivity index (χ0) is 16.6. The summed E-state index contributed by atoms with van der Waals surface area (Å²) in [6, 6.07) is -0.452. The van der Waals surface area contributed by atoms with E-state index in [1.54, 1.807) is 0 Å². The quantitative estimate of drug-likeness (QED) is 0.777. The van der Waals surface area contributed by atoms with Crippen molar-refractivity contribution < 1.29 is 26.4 Å². The Hall–Kier alpha value is -0.790. The van der Waals surface area contributed by atoms with E-state index < -0.39 is 46.4 Å². The summed E-state index contributed by atoms with van der Waals surface area (Å²) >= 11 is 0. The van der Waals surface area contributed by atoms with Gasteiger partial charge in [0.15, 0.2) is 0 Å². The molecule has 3 fully saturated rings. The number of halogens is 3. The Morgan fingerprint density at radius 1 is 1.32 bits per heavy atom. The van der Waals surface area contributed by atoms with Crippen LogP contribution in [0.4, 0.5) is 13.2 Å². The Morgan fingerprint density at radius 3 is 2.50 bits per heavy atom. The van der Waals surface area contributed by atoms with Crippen LogP contribution >= 0.6 is 0 Å². The third-order valence-corrected chi connectivity index (χ3v) is 8.22. The van der Waals surface area contributed by atoms with Crippen LogP contribution in [-0.2, 0) is 14.8 Å². The summed E-state index contributed by atoms with van der Waals surface area (Å²) in [7, 11) is -3.81. The van der Waals surface area contributed by atoms with Gasteiger partial charge in [0, 0.05) is 11.8 Å². The second kappa shape index (κ2) is 4.39. The van der Waals surface area contributed by atoms with Crippen LogP contribution in [0.2, 0.25) is 0 Å². The molecule has 2 saturated carbocycles. The van der Waals surface area contributed by atoms with Gasteiger partial charge in [-0.25, -0.2) is 12.7 Å². The Labute approximate surface area is 128 Å². The second-order valence-corrected chi connectivity index (χ2v) is 9.27. The average molecular weight is 339 g/mol. The first-order valence-electron chi connectivity index (χ1n) is 7.52. The van der Waals surface area contributed by atoms with Crippen LogP contribution in [0.1, 0.15) is 46.0 Å². The van der Waals surface area contributed by atoms with E-state index in [-0.39, 0.29) is 11.2 Å². The summed E-state index contributed by atoms with van der Waals surface area (Å²) < 4.78 is 62.6. The Kier molecular flexibility index (Phi) is 3.21. The number of alkyl halides is 3. The van der Waals surface area contributed by atoms with Gasteiger partial charge in [0.05, 0.1) is 18.2 Å². The first-order chi connectivity index (χ1) is 9.91. The number of hydrogen-bond donors (Lipinski definition) is 0. The summed E-state index contributed by atoms with van der Waals surface area (Å²) in [4.78, 5) is 12.2. The fourth-order valence-electron chi connectivity index (χ4n) is 4.98. The van der Waals surface area contributed by atoms with Crippen LogP contribution in [-0.4, -0.2) is 36.6 Å². The highest BCUT2D eigenvalue weighted by Gasteiger charge is 2.72. The highest BCUT2D eigenvalue weighted by molar-refractivity contribution is 7.90. The number of carbonyl (C=O) groups excluding carboxylic acids is 1. The van der Waals surface area contributed by atoms with Gasteiger partial charge in [-0.2, -0.15) is 13.2 Å². The second-order valence-electron chi connectivity index (χ2n) is 7.43. The largest absolute Gasteiger partial charge is 0.389 e. The van der Waals surface area contributed by atoms with Crippen LogP contribution in [0.15, 0.2) is 0 Å². The number of amides is 1. The van der Waals surface area contributed by atoms with Crippen molar-refractivity contribution in [2.75, 3.05) is 5.75 Å². The minimum absolute atomic E-state index is 0.105. The van der Waals surface area contributed by atoms with E-state index in [0.717, 1.165) is 17.1 Å². The SMILES string of the molecule is CC1(C)[C@@H]2CC[C@@]13CS(=O)(=O)N(C(=O)CCC(F)(F)F)[C@@H]3C2. The number of carbonyl (C=O) groups is 1. The van der Waals surface area contributed by atoms with Gasteiger partial charge in [0.2, 0.25) is 15.9 Å². The van der Waals surface area contributed by atoms with E-state index in [9.17, 15) is 26.4 Å². The van der Waals surface area contributed by atoms with Crippen LogP contribution in [0, 0.1) is 16.7 Å². The molecule has 3 aliphatic rings. The van der Waals surface area contributed by atoms with E-state index in [1.807, 2.05) is 13.8 Å². The lowest BCUT2D eigenvalue weighted by atomic mass is 9.69. The molecule has 0 aromatic heterocycles.